The van der Waals surface area contributed by atoms with Gasteiger partial charge in [0.1, 0.15) is 0 Å². The molecule has 0 unspecified atom stereocenters. The molecule has 20 heavy (non-hydrogen) atoms. The van der Waals surface area contributed by atoms with Crippen molar-refractivity contribution in [2.75, 3.05) is 12.4 Å². The number of hydrogen-bond acceptors (Lipinski definition) is 2. The summed E-state index contributed by atoms with van der Waals surface area (Å²) >= 11 is 0. The molecule has 0 radical (unpaired) electrons. The number of hydrogen-bond donors (Lipinski definition) is 3. The third kappa shape index (κ3) is 3.98. The van der Waals surface area contributed by atoms with Crippen molar-refractivity contribution in [1.29, 1.82) is 0 Å². The monoisotopic (exact) mass is 275 g/mol. The minimum atomic E-state index is -0.203. The number of benzene rings is 1. The SMILES string of the molecule is CNC(=O)c1cccc(NC(=O)NC2CCCCC2)c1. The first-order valence-electron chi connectivity index (χ1n) is 7.08. The second-order valence-electron chi connectivity index (χ2n) is 5.09. The van der Waals surface area contributed by atoms with Crippen molar-refractivity contribution in [2.24, 2.45) is 0 Å². The molecular formula is C15H21N3O2. The van der Waals surface area contributed by atoms with Crippen LogP contribution in [0.4, 0.5) is 10.5 Å². The Kier molecular flexibility index (Phi) is 4.98. The van der Waals surface area contributed by atoms with Crippen molar-refractivity contribution in [3.8, 4) is 0 Å². The molecule has 0 atom stereocenters. The first kappa shape index (κ1) is 14.4. The molecule has 5 nitrogen and oxygen atoms in total. The molecule has 0 saturated heterocycles. The van der Waals surface area contributed by atoms with E-state index in [1.54, 1.807) is 31.3 Å². The third-order valence-corrected chi connectivity index (χ3v) is 3.55. The van der Waals surface area contributed by atoms with Gasteiger partial charge in [0.15, 0.2) is 0 Å². The quantitative estimate of drug-likeness (QED) is 0.793. The van der Waals surface area contributed by atoms with Crippen molar-refractivity contribution in [2.45, 2.75) is 38.1 Å². The van der Waals surface area contributed by atoms with E-state index in [9.17, 15) is 9.59 Å². The van der Waals surface area contributed by atoms with E-state index >= 15 is 0 Å². The van der Waals surface area contributed by atoms with Gasteiger partial charge in [-0.15, -0.1) is 0 Å². The maximum atomic E-state index is 11.9. The molecule has 0 aliphatic heterocycles. The molecule has 5 heteroatoms. The van der Waals surface area contributed by atoms with Gasteiger partial charge in [-0.05, 0) is 31.0 Å². The van der Waals surface area contributed by atoms with Crippen molar-refractivity contribution < 1.29 is 9.59 Å². The van der Waals surface area contributed by atoms with Crippen LogP contribution in [-0.4, -0.2) is 25.0 Å². The molecule has 3 N–H and O–H groups in total. The van der Waals surface area contributed by atoms with Gasteiger partial charge < -0.3 is 16.0 Å². The molecular weight excluding hydrogens is 254 g/mol. The molecule has 1 aliphatic rings. The number of urea groups is 1. The predicted octanol–water partition coefficient (Wildman–Crippen LogP) is 2.50. The zero-order valence-electron chi connectivity index (χ0n) is 11.7. The van der Waals surface area contributed by atoms with Crippen LogP contribution in [0.25, 0.3) is 0 Å². The maximum absolute atomic E-state index is 11.9. The van der Waals surface area contributed by atoms with Gasteiger partial charge in [0.05, 0.1) is 0 Å². The number of anilines is 1. The van der Waals surface area contributed by atoms with Crippen LogP contribution in [0, 0.1) is 0 Å². The second-order valence-corrected chi connectivity index (χ2v) is 5.09. The highest BCUT2D eigenvalue weighted by atomic mass is 16.2. The van der Waals surface area contributed by atoms with Crippen molar-refractivity contribution in [3.63, 3.8) is 0 Å². The van der Waals surface area contributed by atoms with Gasteiger partial charge in [-0.2, -0.15) is 0 Å². The normalized spacial score (nSPS) is 15.4. The largest absolute Gasteiger partial charge is 0.355 e. The molecule has 2 rings (SSSR count). The van der Waals surface area contributed by atoms with E-state index < -0.39 is 0 Å². The summed E-state index contributed by atoms with van der Waals surface area (Å²) < 4.78 is 0. The Morgan fingerprint density at radius 1 is 1.15 bits per heavy atom. The van der Waals surface area contributed by atoms with Crippen LogP contribution in [0.15, 0.2) is 24.3 Å². The van der Waals surface area contributed by atoms with Gasteiger partial charge in [0.2, 0.25) is 0 Å². The Labute approximate surface area is 119 Å². The molecule has 0 spiro atoms. The van der Waals surface area contributed by atoms with Crippen LogP contribution >= 0.6 is 0 Å². The van der Waals surface area contributed by atoms with Gasteiger partial charge in [-0.3, -0.25) is 4.79 Å². The fourth-order valence-corrected chi connectivity index (χ4v) is 2.48. The minimum absolute atomic E-state index is 0.165. The smallest absolute Gasteiger partial charge is 0.319 e. The van der Waals surface area contributed by atoms with E-state index in [4.69, 9.17) is 0 Å². The van der Waals surface area contributed by atoms with Crippen LogP contribution < -0.4 is 16.0 Å². The summed E-state index contributed by atoms with van der Waals surface area (Å²) in [6.45, 7) is 0. The third-order valence-electron chi connectivity index (χ3n) is 3.55. The maximum Gasteiger partial charge on any atom is 0.319 e. The van der Waals surface area contributed by atoms with Gasteiger partial charge in [0.25, 0.3) is 5.91 Å². The van der Waals surface area contributed by atoms with E-state index in [1.165, 1.54) is 19.3 Å². The minimum Gasteiger partial charge on any atom is -0.355 e. The lowest BCUT2D eigenvalue weighted by molar-refractivity contribution is 0.0963. The first-order valence-corrected chi connectivity index (χ1v) is 7.08. The summed E-state index contributed by atoms with van der Waals surface area (Å²) in [7, 11) is 1.58. The van der Waals surface area contributed by atoms with Crippen molar-refractivity contribution >= 4 is 17.6 Å². The molecule has 1 aliphatic carbocycles. The van der Waals surface area contributed by atoms with Gasteiger partial charge in [-0.1, -0.05) is 25.3 Å². The molecule has 1 aromatic rings. The lowest BCUT2D eigenvalue weighted by Gasteiger charge is -2.22. The van der Waals surface area contributed by atoms with E-state index in [0.29, 0.717) is 11.3 Å². The lowest BCUT2D eigenvalue weighted by atomic mass is 9.96. The highest BCUT2D eigenvalue weighted by Crippen LogP contribution is 2.17. The zero-order chi connectivity index (χ0) is 14.4. The van der Waals surface area contributed by atoms with Crippen LogP contribution in [0.5, 0.6) is 0 Å². The Bertz CT molecular complexity index is 482. The van der Waals surface area contributed by atoms with Gasteiger partial charge >= 0.3 is 6.03 Å². The van der Waals surface area contributed by atoms with Gasteiger partial charge in [-0.25, -0.2) is 4.79 Å². The summed E-state index contributed by atoms with van der Waals surface area (Å²) in [6, 6.07) is 6.97. The summed E-state index contributed by atoms with van der Waals surface area (Å²) in [5.74, 6) is -0.165. The van der Waals surface area contributed by atoms with Crippen LogP contribution in [0.3, 0.4) is 0 Å². The Balaban J connectivity index is 1.91. The van der Waals surface area contributed by atoms with E-state index in [2.05, 4.69) is 16.0 Å². The van der Waals surface area contributed by atoms with E-state index in [1.807, 2.05) is 0 Å². The first-order chi connectivity index (χ1) is 9.69. The number of amides is 3. The molecule has 1 saturated carbocycles. The number of rotatable bonds is 3. The summed E-state index contributed by atoms with van der Waals surface area (Å²) in [6.07, 6.45) is 5.71. The molecule has 108 valence electrons. The molecule has 1 fully saturated rings. The van der Waals surface area contributed by atoms with E-state index in [0.717, 1.165) is 12.8 Å². The average molecular weight is 275 g/mol. The van der Waals surface area contributed by atoms with Crippen LogP contribution in [-0.2, 0) is 0 Å². The van der Waals surface area contributed by atoms with E-state index in [-0.39, 0.29) is 18.0 Å². The van der Waals surface area contributed by atoms with Gasteiger partial charge in [0, 0.05) is 24.3 Å². The van der Waals surface area contributed by atoms with Crippen molar-refractivity contribution in [3.05, 3.63) is 29.8 Å². The highest BCUT2D eigenvalue weighted by Gasteiger charge is 2.15. The second kappa shape index (κ2) is 6.93. The summed E-state index contributed by atoms with van der Waals surface area (Å²) in [5.41, 5.74) is 1.15. The fourth-order valence-electron chi connectivity index (χ4n) is 2.48. The number of nitrogens with one attached hydrogen (secondary N) is 3. The Morgan fingerprint density at radius 2 is 1.90 bits per heavy atom. The molecule has 0 aromatic heterocycles. The predicted molar refractivity (Wildman–Crippen MR) is 78.9 cm³/mol. The van der Waals surface area contributed by atoms with Crippen molar-refractivity contribution in [1.82, 2.24) is 10.6 Å². The fraction of sp³-hybridized carbons (Fsp3) is 0.467. The Morgan fingerprint density at radius 3 is 2.60 bits per heavy atom. The lowest BCUT2D eigenvalue weighted by Crippen LogP contribution is -2.39. The average Bonchev–Trinajstić information content (AvgIpc) is 2.47. The zero-order valence-corrected chi connectivity index (χ0v) is 11.7. The summed E-state index contributed by atoms with van der Waals surface area (Å²) in [5, 5.41) is 8.32. The highest BCUT2D eigenvalue weighted by molar-refractivity contribution is 5.96. The van der Waals surface area contributed by atoms with Crippen LogP contribution in [0.1, 0.15) is 42.5 Å². The molecule has 0 heterocycles. The number of carbonyl (C=O) groups excluding carboxylic acids is 2. The molecule has 0 bridgehead atoms. The standard InChI is InChI=1S/C15H21N3O2/c1-16-14(19)11-6-5-9-13(10-11)18-15(20)17-12-7-3-2-4-8-12/h5-6,9-10,12H,2-4,7-8H2,1H3,(H,16,19)(H2,17,18,20). The number of carbonyl (C=O) groups is 2. The molecule has 3 amide bonds. The van der Waals surface area contributed by atoms with Crippen LogP contribution in [0.2, 0.25) is 0 Å². The Hall–Kier alpha value is -2.04. The summed E-state index contributed by atoms with van der Waals surface area (Å²) in [4.78, 5) is 23.4. The molecule has 1 aromatic carbocycles. The topological polar surface area (TPSA) is 70.2 Å².